The van der Waals surface area contributed by atoms with Crippen LogP contribution in [0, 0.1) is 5.92 Å². The lowest BCUT2D eigenvalue weighted by Gasteiger charge is -2.68. The molecule has 14 unspecified atom stereocenters. The molecule has 5 N–H and O–H groups in total. The summed E-state index contributed by atoms with van der Waals surface area (Å²) < 4.78 is 0. The maximum absolute atomic E-state index is 5.17. The molecule has 14 rings (SSSR count). The molecule has 11 aliphatic rings. The van der Waals surface area contributed by atoms with Crippen LogP contribution in [0.25, 0.3) is 0 Å². The Bertz CT molecular complexity index is 2000. The minimum atomic E-state index is 0.223. The highest BCUT2D eigenvalue weighted by atomic mass is 15.5. The molecule has 9 aliphatic heterocycles. The Labute approximate surface area is 337 Å². The molecule has 2 saturated carbocycles. The summed E-state index contributed by atoms with van der Waals surface area (Å²) in [4.78, 5) is 17.0. The molecule has 5 saturated heterocycles. The lowest BCUT2D eigenvalue weighted by Crippen LogP contribution is -2.75. The Morgan fingerprint density at radius 3 is 1.84 bits per heavy atom. The zero-order valence-electron chi connectivity index (χ0n) is 32.8. The summed E-state index contributed by atoms with van der Waals surface area (Å²) in [5.74, 6) is 6.15. The third-order valence-electron chi connectivity index (χ3n) is 17.2. The minimum absolute atomic E-state index is 0.223. The number of hydrogen-bond donors (Lipinski definition) is 5. The van der Waals surface area contributed by atoms with E-state index in [9.17, 15) is 0 Å². The lowest BCUT2D eigenvalue weighted by atomic mass is 9.18. The molecule has 11 heteroatoms. The maximum atomic E-state index is 5.17. The molecule has 10 nitrogen and oxygen atoms in total. The summed E-state index contributed by atoms with van der Waals surface area (Å²) >= 11 is 0. The lowest BCUT2D eigenvalue weighted by molar-refractivity contribution is 0.0132. The van der Waals surface area contributed by atoms with Gasteiger partial charge in [-0.3, -0.25) is 15.6 Å². The van der Waals surface area contributed by atoms with Gasteiger partial charge in [0.1, 0.15) is 24.0 Å². The van der Waals surface area contributed by atoms with Gasteiger partial charge >= 0.3 is 0 Å². The molecule has 0 radical (unpaired) electrons. The molecular weight excluding hydrogens is 703 g/mol. The Morgan fingerprint density at radius 1 is 0.561 bits per heavy atom. The van der Waals surface area contributed by atoms with Crippen LogP contribution in [0.2, 0.25) is 17.5 Å². The van der Waals surface area contributed by atoms with Crippen molar-refractivity contribution < 1.29 is 0 Å². The van der Waals surface area contributed by atoms with E-state index in [1.165, 1.54) is 61.4 Å². The van der Waals surface area contributed by atoms with Crippen molar-refractivity contribution in [2.24, 2.45) is 5.92 Å². The quantitative estimate of drug-likeness (QED) is 0.252. The van der Waals surface area contributed by atoms with Gasteiger partial charge in [0, 0.05) is 91.0 Å². The second-order valence-corrected chi connectivity index (χ2v) is 19.2. The maximum Gasteiger partial charge on any atom is 0.159 e. The Balaban J connectivity index is 0.975. The van der Waals surface area contributed by atoms with Gasteiger partial charge in [0.15, 0.2) is 6.71 Å². The molecule has 0 bridgehead atoms. The van der Waals surface area contributed by atoms with Crippen LogP contribution >= 0.6 is 0 Å². The first-order valence-corrected chi connectivity index (χ1v) is 22.7. The number of hydrogen-bond acceptors (Lipinski definition) is 10. The molecule has 1 aromatic heterocycles. The van der Waals surface area contributed by atoms with Crippen LogP contribution in [0.1, 0.15) is 50.1 Å². The smallest absolute Gasteiger partial charge is 0.159 e. The van der Waals surface area contributed by atoms with Crippen molar-refractivity contribution in [1.82, 2.24) is 41.4 Å². The number of aromatic nitrogens is 1. The summed E-state index contributed by atoms with van der Waals surface area (Å²) in [5.41, 5.74) is 7.33. The highest BCUT2D eigenvalue weighted by Gasteiger charge is 2.72. The van der Waals surface area contributed by atoms with E-state index in [4.69, 9.17) is 4.98 Å². The topological polar surface area (TPSA) is 86.0 Å². The standard InChI is InChI=1S/C46H55BN10/c1-3-10-27(11-4-1)54-43-39(50-20-22-52-43)35-29-14-9-15-30-41(29)56(45(35)54)33-24-26(32-16-7-8-18-48-32)25-34-37(33)47(30)31-17-19-49-38-36-40-44(53-23-21-51-40)55(28-12-5-2-6-13-28)46(36)57(34)42(31)38/h1-8,10-13,16,18,26,29-31,33-34,37-44,49-53H,9,14-15,17,19-25H2. The normalized spacial score (nSPS) is 42.0. The molecule has 0 amide bonds. The first-order valence-electron chi connectivity index (χ1n) is 22.7. The zero-order valence-corrected chi connectivity index (χ0v) is 32.8. The van der Waals surface area contributed by atoms with Crippen molar-refractivity contribution in [3.05, 3.63) is 114 Å². The second-order valence-electron chi connectivity index (χ2n) is 19.2. The minimum Gasteiger partial charge on any atom is -0.352 e. The summed E-state index contributed by atoms with van der Waals surface area (Å²) in [6.45, 7) is 5.93. The van der Waals surface area contributed by atoms with E-state index in [1.54, 1.807) is 17.0 Å². The number of rotatable bonds is 3. The van der Waals surface area contributed by atoms with E-state index in [2.05, 4.69) is 131 Å². The SMILES string of the molecule is c1ccc(N2C3=C(C4CCCC5B6C7CCNC8C9=C(N(c%10ccccc%10)C%10NCCNC9%10)N(C9CC(c%10ccccn%10)CC(C69)N3C54)C78)C3NCCNC32)cc1. The predicted molar refractivity (Wildman–Crippen MR) is 225 cm³/mol. The van der Waals surface area contributed by atoms with Crippen LogP contribution < -0.4 is 36.4 Å². The predicted octanol–water partition coefficient (Wildman–Crippen LogP) is 4.10. The van der Waals surface area contributed by atoms with E-state index in [0.717, 1.165) is 45.3 Å². The van der Waals surface area contributed by atoms with Gasteiger partial charge in [-0.05, 0) is 91.7 Å². The molecule has 0 spiro atoms. The number of piperidine rings is 1. The number of anilines is 2. The molecule has 3 aromatic rings. The van der Waals surface area contributed by atoms with Crippen LogP contribution in [0.4, 0.5) is 11.4 Å². The van der Waals surface area contributed by atoms with Crippen molar-refractivity contribution in [3.63, 3.8) is 0 Å². The fraction of sp³-hybridized carbons (Fsp3) is 0.543. The van der Waals surface area contributed by atoms with Gasteiger partial charge in [-0.1, -0.05) is 55.3 Å². The Kier molecular flexibility index (Phi) is 7.14. The van der Waals surface area contributed by atoms with E-state index < -0.39 is 0 Å². The summed E-state index contributed by atoms with van der Waals surface area (Å²) in [7, 11) is 0. The number of benzene rings is 2. The molecule has 2 aliphatic carbocycles. The second kappa shape index (κ2) is 12.3. The van der Waals surface area contributed by atoms with Crippen LogP contribution in [-0.2, 0) is 0 Å². The van der Waals surface area contributed by atoms with Crippen molar-refractivity contribution >= 4 is 18.1 Å². The van der Waals surface area contributed by atoms with Crippen molar-refractivity contribution in [2.75, 3.05) is 42.5 Å². The highest BCUT2D eigenvalue weighted by molar-refractivity contribution is 6.65. The van der Waals surface area contributed by atoms with E-state index in [-0.39, 0.29) is 12.3 Å². The number of piperazine rings is 2. The van der Waals surface area contributed by atoms with Crippen LogP contribution in [0.15, 0.2) is 108 Å². The average Bonchev–Trinajstić information content (AvgIpc) is 4.00. The third kappa shape index (κ3) is 4.32. The van der Waals surface area contributed by atoms with E-state index >= 15 is 0 Å². The van der Waals surface area contributed by atoms with Gasteiger partial charge in [-0.15, -0.1) is 0 Å². The monoisotopic (exact) mass is 758 g/mol. The number of nitrogens with zero attached hydrogens (tertiary/aromatic N) is 5. The van der Waals surface area contributed by atoms with Crippen LogP contribution in [0.5, 0.6) is 0 Å². The van der Waals surface area contributed by atoms with Gasteiger partial charge in [-0.2, -0.15) is 0 Å². The molecule has 2 aromatic carbocycles. The number of para-hydroxylation sites is 2. The van der Waals surface area contributed by atoms with Gasteiger partial charge in [0.2, 0.25) is 0 Å². The summed E-state index contributed by atoms with van der Waals surface area (Å²) in [6, 6.07) is 32.5. The zero-order chi connectivity index (χ0) is 36.9. The van der Waals surface area contributed by atoms with Crippen LogP contribution in [0.3, 0.4) is 0 Å². The first-order chi connectivity index (χ1) is 28.3. The Morgan fingerprint density at radius 2 is 1.16 bits per heavy atom. The van der Waals surface area contributed by atoms with Crippen molar-refractivity contribution in [2.45, 2.75) is 117 Å². The molecule has 7 fully saturated rings. The molecule has 14 atom stereocenters. The summed E-state index contributed by atoms with van der Waals surface area (Å²) in [5, 5.41) is 20.5. The van der Waals surface area contributed by atoms with Crippen molar-refractivity contribution in [1.29, 1.82) is 0 Å². The number of nitrogens with one attached hydrogen (secondary N) is 5. The average molecular weight is 759 g/mol. The number of fused-ring (bicyclic) bond motifs is 12. The van der Waals surface area contributed by atoms with Gasteiger partial charge in [0.25, 0.3) is 0 Å². The largest absolute Gasteiger partial charge is 0.352 e. The first kappa shape index (κ1) is 33.0. The molecular formula is C46H55BN10. The van der Waals surface area contributed by atoms with Gasteiger partial charge < -0.3 is 35.6 Å². The molecule has 10 heterocycles. The molecule has 292 valence electrons. The fourth-order valence-corrected chi connectivity index (χ4v) is 15.8. The van der Waals surface area contributed by atoms with Gasteiger partial charge in [0.05, 0.1) is 18.1 Å². The van der Waals surface area contributed by atoms with E-state index in [0.29, 0.717) is 65.8 Å². The van der Waals surface area contributed by atoms with Crippen molar-refractivity contribution in [3.8, 4) is 0 Å². The third-order valence-corrected chi connectivity index (χ3v) is 17.2. The Hall–Kier alpha value is -3.87. The van der Waals surface area contributed by atoms with Crippen LogP contribution in [-0.4, -0.2) is 109 Å². The fourth-order valence-electron chi connectivity index (χ4n) is 15.8. The summed E-state index contributed by atoms with van der Waals surface area (Å²) in [6.07, 6.45) is 10.3. The van der Waals surface area contributed by atoms with E-state index in [1.807, 2.05) is 0 Å². The number of pyridine rings is 1. The van der Waals surface area contributed by atoms with Gasteiger partial charge in [-0.25, -0.2) is 0 Å². The molecule has 57 heavy (non-hydrogen) atoms. The highest BCUT2D eigenvalue weighted by Crippen LogP contribution is 2.68.